The smallest absolute Gasteiger partial charge is 0.307 e. The number of carbonyl (C=O) groups excluding carboxylic acids is 3. The van der Waals surface area contributed by atoms with Crippen LogP contribution >= 0.6 is 23.2 Å². The molecule has 0 unspecified atom stereocenters. The molecule has 32 heavy (non-hydrogen) atoms. The Morgan fingerprint density at radius 2 is 1.53 bits per heavy atom. The van der Waals surface area contributed by atoms with E-state index in [0.717, 1.165) is 5.56 Å². The van der Waals surface area contributed by atoms with Gasteiger partial charge in [-0.15, -0.1) is 0 Å². The van der Waals surface area contributed by atoms with Crippen molar-refractivity contribution in [2.75, 3.05) is 5.32 Å². The Hall–Kier alpha value is -3.15. The summed E-state index contributed by atoms with van der Waals surface area (Å²) in [5.41, 5.74) is 2.33. The number of carbonyl (C=O) groups is 3. The summed E-state index contributed by atoms with van der Waals surface area (Å²) in [5, 5.41) is 3.73. The maximum absolute atomic E-state index is 13.0. The number of nitrogens with one attached hydrogen (secondary N) is 1. The highest BCUT2D eigenvalue weighted by Gasteiger charge is 2.26. The van der Waals surface area contributed by atoms with Crippen LogP contribution in [0, 0.1) is 6.92 Å². The zero-order valence-electron chi connectivity index (χ0n) is 17.3. The van der Waals surface area contributed by atoms with E-state index in [0.29, 0.717) is 26.9 Å². The molecule has 0 saturated heterocycles. The molecule has 0 aliphatic rings. The molecule has 0 aliphatic carbocycles. The summed E-state index contributed by atoms with van der Waals surface area (Å²) in [6.45, 7) is 1.84. The van der Waals surface area contributed by atoms with Crippen molar-refractivity contribution in [3.63, 3.8) is 0 Å². The molecule has 0 aliphatic heterocycles. The van der Waals surface area contributed by atoms with Crippen LogP contribution in [0.2, 0.25) is 10.0 Å². The lowest BCUT2D eigenvalue weighted by molar-refractivity contribution is -0.148. The quantitative estimate of drug-likeness (QED) is 0.315. The Morgan fingerprint density at radius 1 is 0.875 bits per heavy atom. The molecular weight excluding hydrogens is 449 g/mol. The Labute approximate surface area is 196 Å². The fourth-order valence-electron chi connectivity index (χ4n) is 3.01. The van der Waals surface area contributed by atoms with Crippen LogP contribution in [0.3, 0.4) is 0 Å². The molecule has 0 spiro atoms. The minimum absolute atomic E-state index is 0.0996. The summed E-state index contributed by atoms with van der Waals surface area (Å²) < 4.78 is 5.50. The molecular formula is C25H21Cl2NO4. The number of halogens is 2. The summed E-state index contributed by atoms with van der Waals surface area (Å²) in [6.07, 6.45) is -1.42. The van der Waals surface area contributed by atoms with Crippen LogP contribution in [0.15, 0.2) is 72.8 Å². The summed E-state index contributed by atoms with van der Waals surface area (Å²) >= 11 is 11.9. The number of hydrogen-bond acceptors (Lipinski definition) is 4. The van der Waals surface area contributed by atoms with E-state index in [1.54, 1.807) is 72.8 Å². The Balaban J connectivity index is 1.67. The highest BCUT2D eigenvalue weighted by atomic mass is 35.5. The molecule has 5 nitrogen and oxygen atoms in total. The molecule has 0 bridgehead atoms. The Morgan fingerprint density at radius 3 is 2.22 bits per heavy atom. The third-order valence-electron chi connectivity index (χ3n) is 4.75. The van der Waals surface area contributed by atoms with Gasteiger partial charge in [-0.25, -0.2) is 0 Å². The summed E-state index contributed by atoms with van der Waals surface area (Å²) in [4.78, 5) is 37.8. The van der Waals surface area contributed by atoms with Crippen molar-refractivity contribution in [3.8, 4) is 0 Å². The number of ether oxygens (including phenoxy) is 1. The molecule has 1 amide bonds. The van der Waals surface area contributed by atoms with E-state index < -0.39 is 12.1 Å². The average Bonchev–Trinajstić information content (AvgIpc) is 2.79. The summed E-state index contributed by atoms with van der Waals surface area (Å²) in [6, 6.07) is 20.2. The van der Waals surface area contributed by atoms with E-state index in [1.165, 1.54) is 0 Å². The van der Waals surface area contributed by atoms with Crippen LogP contribution in [0.1, 0.15) is 40.4 Å². The Kier molecular flexibility index (Phi) is 8.03. The first kappa shape index (κ1) is 23.5. The van der Waals surface area contributed by atoms with Gasteiger partial charge in [0.05, 0.1) is 6.42 Å². The zero-order valence-corrected chi connectivity index (χ0v) is 18.8. The van der Waals surface area contributed by atoms with Crippen LogP contribution in [-0.2, 0) is 14.3 Å². The van der Waals surface area contributed by atoms with Crippen molar-refractivity contribution >= 4 is 46.5 Å². The normalized spacial score (nSPS) is 11.5. The van der Waals surface area contributed by atoms with Crippen molar-refractivity contribution < 1.29 is 19.1 Å². The van der Waals surface area contributed by atoms with Gasteiger partial charge in [-0.05, 0) is 36.8 Å². The van der Waals surface area contributed by atoms with Crippen molar-refractivity contribution in [1.82, 2.24) is 0 Å². The zero-order chi connectivity index (χ0) is 23.1. The first-order valence-electron chi connectivity index (χ1n) is 9.93. The third kappa shape index (κ3) is 6.42. The van der Waals surface area contributed by atoms with Gasteiger partial charge in [-0.3, -0.25) is 14.4 Å². The molecule has 1 N–H and O–H groups in total. The number of Topliss-reactive ketones (excluding diaryl/α,β-unsaturated/α-hetero) is 1. The maximum Gasteiger partial charge on any atom is 0.307 e. The van der Waals surface area contributed by atoms with Crippen LogP contribution < -0.4 is 5.32 Å². The number of rotatable bonds is 8. The number of hydrogen-bond donors (Lipinski definition) is 1. The number of benzene rings is 3. The predicted octanol–water partition coefficient (Wildman–Crippen LogP) is 6.19. The van der Waals surface area contributed by atoms with Gasteiger partial charge < -0.3 is 10.1 Å². The van der Waals surface area contributed by atoms with Crippen molar-refractivity contribution in [1.29, 1.82) is 0 Å². The largest absolute Gasteiger partial charge is 0.449 e. The van der Waals surface area contributed by atoms with E-state index in [4.69, 9.17) is 27.9 Å². The first-order valence-corrected chi connectivity index (χ1v) is 10.7. The molecule has 3 aromatic carbocycles. The van der Waals surface area contributed by atoms with E-state index in [-0.39, 0.29) is 24.5 Å². The molecule has 7 heteroatoms. The molecule has 3 aromatic rings. The standard InChI is InChI=1S/C25H21Cl2NO4/c1-16-7-10-20(27)15-21(16)28-22(29)13-14-23(30)32-25(18-8-11-19(26)12-9-18)24(31)17-5-3-2-4-6-17/h2-12,15,25H,13-14H2,1H3,(H,28,29)/t25-/m1/s1. The van der Waals surface area contributed by atoms with E-state index in [2.05, 4.69) is 5.32 Å². The van der Waals surface area contributed by atoms with E-state index >= 15 is 0 Å². The number of anilines is 1. The second-order valence-corrected chi connectivity index (χ2v) is 8.03. The maximum atomic E-state index is 13.0. The average molecular weight is 470 g/mol. The van der Waals surface area contributed by atoms with E-state index in [9.17, 15) is 14.4 Å². The number of esters is 1. The lowest BCUT2D eigenvalue weighted by Crippen LogP contribution is -2.21. The topological polar surface area (TPSA) is 72.5 Å². The second kappa shape index (κ2) is 10.9. The van der Waals surface area contributed by atoms with Crippen LogP contribution in [-0.4, -0.2) is 17.7 Å². The number of ketones is 1. The fraction of sp³-hybridized carbons (Fsp3) is 0.160. The molecule has 164 valence electrons. The summed E-state index contributed by atoms with van der Waals surface area (Å²) in [7, 11) is 0. The molecule has 0 heterocycles. The first-order chi connectivity index (χ1) is 15.3. The van der Waals surface area contributed by atoms with Crippen LogP contribution in [0.5, 0.6) is 0 Å². The highest BCUT2D eigenvalue weighted by Crippen LogP contribution is 2.25. The third-order valence-corrected chi connectivity index (χ3v) is 5.24. The van der Waals surface area contributed by atoms with Gasteiger partial charge in [0, 0.05) is 33.3 Å². The molecule has 1 atom stereocenters. The fourth-order valence-corrected chi connectivity index (χ4v) is 3.31. The van der Waals surface area contributed by atoms with Crippen molar-refractivity contribution in [2.45, 2.75) is 25.9 Å². The Bertz CT molecular complexity index is 1110. The van der Waals surface area contributed by atoms with Crippen molar-refractivity contribution in [2.24, 2.45) is 0 Å². The molecule has 0 saturated carbocycles. The number of aryl methyl sites for hydroxylation is 1. The lowest BCUT2D eigenvalue weighted by atomic mass is 10.00. The van der Waals surface area contributed by atoms with Crippen molar-refractivity contribution in [3.05, 3.63) is 99.5 Å². The van der Waals surface area contributed by atoms with Gasteiger partial charge in [0.25, 0.3) is 0 Å². The molecule has 0 aromatic heterocycles. The molecule has 0 fully saturated rings. The van der Waals surface area contributed by atoms with Gasteiger partial charge in [-0.2, -0.15) is 0 Å². The molecule has 3 rings (SSSR count). The minimum atomic E-state index is -1.14. The van der Waals surface area contributed by atoms with Gasteiger partial charge in [0.15, 0.2) is 6.10 Å². The highest BCUT2D eigenvalue weighted by molar-refractivity contribution is 6.31. The monoisotopic (exact) mass is 469 g/mol. The summed E-state index contributed by atoms with van der Waals surface area (Å²) in [5.74, 6) is -1.38. The van der Waals surface area contributed by atoms with Gasteiger partial charge in [0.2, 0.25) is 11.7 Å². The molecule has 0 radical (unpaired) electrons. The second-order valence-electron chi connectivity index (χ2n) is 7.16. The van der Waals surface area contributed by atoms with Crippen LogP contribution in [0.25, 0.3) is 0 Å². The van der Waals surface area contributed by atoms with Gasteiger partial charge in [-0.1, -0.05) is 71.7 Å². The van der Waals surface area contributed by atoms with Gasteiger partial charge >= 0.3 is 5.97 Å². The van der Waals surface area contributed by atoms with E-state index in [1.807, 2.05) is 6.92 Å². The lowest BCUT2D eigenvalue weighted by Gasteiger charge is -2.18. The van der Waals surface area contributed by atoms with Crippen LogP contribution in [0.4, 0.5) is 5.69 Å². The minimum Gasteiger partial charge on any atom is -0.449 e. The van der Waals surface area contributed by atoms with Gasteiger partial charge in [0.1, 0.15) is 0 Å². The predicted molar refractivity (Wildman–Crippen MR) is 125 cm³/mol. The number of amides is 1. The SMILES string of the molecule is Cc1ccc(Cl)cc1NC(=O)CCC(=O)O[C@@H](C(=O)c1ccccc1)c1ccc(Cl)cc1.